The van der Waals surface area contributed by atoms with Gasteiger partial charge in [0, 0.05) is 17.5 Å². The standard InChI is InChI=1S/C22H22N4O3/c1-13-3-8-19-17(9-13)10-18(14(2)26-19)22(29)24-11-15-4-6-16(7-5-15)21(28)25-12-20(23)27/h3-10H,11-12H2,1-2H3,(H2,23,27)(H,24,29)(H,25,28). The highest BCUT2D eigenvalue weighted by Gasteiger charge is 2.12. The lowest BCUT2D eigenvalue weighted by Gasteiger charge is -2.10. The maximum absolute atomic E-state index is 12.6. The summed E-state index contributed by atoms with van der Waals surface area (Å²) in [5.74, 6) is -1.19. The summed E-state index contributed by atoms with van der Waals surface area (Å²) in [5.41, 5.74) is 9.42. The van der Waals surface area contributed by atoms with Crippen LogP contribution in [0.5, 0.6) is 0 Å². The van der Waals surface area contributed by atoms with Crippen LogP contribution in [0.15, 0.2) is 48.5 Å². The fourth-order valence-corrected chi connectivity index (χ4v) is 2.94. The van der Waals surface area contributed by atoms with Crippen molar-refractivity contribution in [3.8, 4) is 0 Å². The van der Waals surface area contributed by atoms with E-state index in [1.807, 2.05) is 38.1 Å². The third-order valence-electron chi connectivity index (χ3n) is 4.50. The summed E-state index contributed by atoms with van der Waals surface area (Å²) in [4.78, 5) is 39.8. The molecule has 0 saturated heterocycles. The molecule has 1 heterocycles. The summed E-state index contributed by atoms with van der Waals surface area (Å²) in [5, 5.41) is 6.23. The van der Waals surface area contributed by atoms with E-state index in [2.05, 4.69) is 15.6 Å². The van der Waals surface area contributed by atoms with E-state index in [4.69, 9.17) is 5.73 Å². The van der Waals surface area contributed by atoms with Gasteiger partial charge in [0.15, 0.2) is 0 Å². The van der Waals surface area contributed by atoms with Crippen molar-refractivity contribution >= 4 is 28.6 Å². The number of aromatic nitrogens is 1. The van der Waals surface area contributed by atoms with Crippen molar-refractivity contribution in [1.82, 2.24) is 15.6 Å². The summed E-state index contributed by atoms with van der Waals surface area (Å²) in [6.45, 7) is 3.91. The molecule has 3 rings (SSSR count). The van der Waals surface area contributed by atoms with Crippen LogP contribution in [0.25, 0.3) is 10.9 Å². The maximum Gasteiger partial charge on any atom is 0.253 e. The van der Waals surface area contributed by atoms with Crippen LogP contribution in [0.2, 0.25) is 0 Å². The number of pyridine rings is 1. The number of hydrogen-bond donors (Lipinski definition) is 3. The van der Waals surface area contributed by atoms with E-state index in [-0.39, 0.29) is 18.4 Å². The summed E-state index contributed by atoms with van der Waals surface area (Å²) in [6.07, 6.45) is 0. The zero-order valence-electron chi connectivity index (χ0n) is 16.3. The first-order valence-electron chi connectivity index (χ1n) is 9.15. The zero-order chi connectivity index (χ0) is 21.0. The minimum Gasteiger partial charge on any atom is -0.368 e. The largest absolute Gasteiger partial charge is 0.368 e. The average molecular weight is 390 g/mol. The summed E-state index contributed by atoms with van der Waals surface area (Å²) >= 11 is 0. The Kier molecular flexibility index (Phi) is 5.87. The first-order valence-corrected chi connectivity index (χ1v) is 9.15. The molecule has 0 atom stereocenters. The van der Waals surface area contributed by atoms with Crippen molar-refractivity contribution in [2.75, 3.05) is 6.54 Å². The number of carbonyl (C=O) groups excluding carboxylic acids is 3. The summed E-state index contributed by atoms with van der Waals surface area (Å²) in [6, 6.07) is 14.5. The Morgan fingerprint density at radius 2 is 1.66 bits per heavy atom. The lowest BCUT2D eigenvalue weighted by Crippen LogP contribution is -2.33. The van der Waals surface area contributed by atoms with Gasteiger partial charge in [0.05, 0.1) is 23.3 Å². The van der Waals surface area contributed by atoms with Gasteiger partial charge in [0.1, 0.15) is 0 Å². The second-order valence-electron chi connectivity index (χ2n) is 6.85. The third kappa shape index (κ3) is 4.95. The molecule has 0 saturated carbocycles. The molecule has 2 aromatic carbocycles. The van der Waals surface area contributed by atoms with Crippen LogP contribution in [0.1, 0.15) is 37.5 Å². The fourth-order valence-electron chi connectivity index (χ4n) is 2.94. The number of benzene rings is 2. The van der Waals surface area contributed by atoms with Gasteiger partial charge in [-0.15, -0.1) is 0 Å². The summed E-state index contributed by atoms with van der Waals surface area (Å²) < 4.78 is 0. The molecular weight excluding hydrogens is 368 g/mol. The van der Waals surface area contributed by atoms with E-state index >= 15 is 0 Å². The zero-order valence-corrected chi connectivity index (χ0v) is 16.3. The smallest absolute Gasteiger partial charge is 0.253 e. The van der Waals surface area contributed by atoms with E-state index in [0.717, 1.165) is 22.0 Å². The second kappa shape index (κ2) is 8.52. The van der Waals surface area contributed by atoms with Crippen molar-refractivity contribution in [1.29, 1.82) is 0 Å². The van der Waals surface area contributed by atoms with Gasteiger partial charge in [-0.3, -0.25) is 19.4 Å². The molecule has 3 aromatic rings. The molecule has 4 N–H and O–H groups in total. The lowest BCUT2D eigenvalue weighted by atomic mass is 10.1. The molecule has 1 aromatic heterocycles. The number of amides is 3. The van der Waals surface area contributed by atoms with Crippen molar-refractivity contribution in [2.45, 2.75) is 20.4 Å². The molecule has 0 aliphatic rings. The minimum absolute atomic E-state index is 0.207. The van der Waals surface area contributed by atoms with E-state index < -0.39 is 5.91 Å². The van der Waals surface area contributed by atoms with Gasteiger partial charge >= 0.3 is 0 Å². The van der Waals surface area contributed by atoms with Gasteiger partial charge < -0.3 is 16.4 Å². The fraction of sp³-hybridized carbons (Fsp3) is 0.182. The first kappa shape index (κ1) is 20.0. The molecule has 0 unspecified atom stereocenters. The number of carbonyl (C=O) groups is 3. The quantitative estimate of drug-likeness (QED) is 0.597. The van der Waals surface area contributed by atoms with Crippen LogP contribution >= 0.6 is 0 Å². The molecule has 7 heteroatoms. The number of nitrogens with one attached hydrogen (secondary N) is 2. The molecule has 0 radical (unpaired) electrons. The van der Waals surface area contributed by atoms with Crippen LogP contribution in [0, 0.1) is 13.8 Å². The molecule has 0 aliphatic heterocycles. The predicted octanol–water partition coefficient (Wildman–Crippen LogP) is 2.00. The highest BCUT2D eigenvalue weighted by Crippen LogP contribution is 2.18. The van der Waals surface area contributed by atoms with Crippen LogP contribution in [0.3, 0.4) is 0 Å². The van der Waals surface area contributed by atoms with Crippen LogP contribution in [-0.2, 0) is 11.3 Å². The number of nitrogens with zero attached hydrogens (tertiary/aromatic N) is 1. The lowest BCUT2D eigenvalue weighted by molar-refractivity contribution is -0.117. The average Bonchev–Trinajstić information content (AvgIpc) is 2.70. The second-order valence-corrected chi connectivity index (χ2v) is 6.85. The number of rotatable bonds is 6. The Hall–Kier alpha value is -3.74. The van der Waals surface area contributed by atoms with Crippen LogP contribution < -0.4 is 16.4 Å². The van der Waals surface area contributed by atoms with Gasteiger partial charge in [-0.1, -0.05) is 23.8 Å². The van der Waals surface area contributed by atoms with Crippen molar-refractivity contribution in [3.63, 3.8) is 0 Å². The molecular formula is C22H22N4O3. The maximum atomic E-state index is 12.6. The topological polar surface area (TPSA) is 114 Å². The SMILES string of the molecule is Cc1ccc2nc(C)c(C(=O)NCc3ccc(C(=O)NCC(N)=O)cc3)cc2c1. The third-order valence-corrected chi connectivity index (χ3v) is 4.50. The predicted molar refractivity (Wildman–Crippen MR) is 110 cm³/mol. The number of nitrogens with two attached hydrogens (primary N) is 1. The van der Waals surface area contributed by atoms with E-state index in [1.165, 1.54) is 0 Å². The van der Waals surface area contributed by atoms with Gasteiger partial charge in [-0.25, -0.2) is 0 Å². The molecule has 3 amide bonds. The molecule has 7 nitrogen and oxygen atoms in total. The molecule has 29 heavy (non-hydrogen) atoms. The van der Waals surface area contributed by atoms with Gasteiger partial charge in [0.2, 0.25) is 5.91 Å². The van der Waals surface area contributed by atoms with Crippen LogP contribution in [0.4, 0.5) is 0 Å². The molecule has 0 aliphatic carbocycles. The van der Waals surface area contributed by atoms with E-state index in [0.29, 0.717) is 23.4 Å². The van der Waals surface area contributed by atoms with Crippen molar-refractivity contribution in [2.24, 2.45) is 5.73 Å². The molecule has 0 fully saturated rings. The Bertz CT molecular complexity index is 1090. The Morgan fingerprint density at radius 1 is 0.931 bits per heavy atom. The van der Waals surface area contributed by atoms with Crippen molar-refractivity contribution < 1.29 is 14.4 Å². The van der Waals surface area contributed by atoms with E-state index in [1.54, 1.807) is 24.3 Å². The van der Waals surface area contributed by atoms with Crippen molar-refractivity contribution in [3.05, 3.63) is 76.5 Å². The monoisotopic (exact) mass is 390 g/mol. The minimum atomic E-state index is -0.605. The van der Waals surface area contributed by atoms with Crippen LogP contribution in [-0.4, -0.2) is 29.3 Å². The normalized spacial score (nSPS) is 10.6. The van der Waals surface area contributed by atoms with E-state index in [9.17, 15) is 14.4 Å². The Labute approximate surface area is 168 Å². The molecule has 148 valence electrons. The summed E-state index contributed by atoms with van der Waals surface area (Å²) in [7, 11) is 0. The first-order chi connectivity index (χ1) is 13.8. The number of hydrogen-bond acceptors (Lipinski definition) is 4. The number of fused-ring (bicyclic) bond motifs is 1. The highest BCUT2D eigenvalue weighted by atomic mass is 16.2. The van der Waals surface area contributed by atoms with Gasteiger partial charge in [-0.2, -0.15) is 0 Å². The Morgan fingerprint density at radius 3 is 2.34 bits per heavy atom. The highest BCUT2D eigenvalue weighted by molar-refractivity contribution is 5.99. The van der Waals surface area contributed by atoms with Gasteiger partial charge in [0.25, 0.3) is 11.8 Å². The van der Waals surface area contributed by atoms with Gasteiger partial charge in [-0.05, 0) is 49.7 Å². The molecule has 0 bridgehead atoms. The number of primary amides is 1. The molecule has 0 spiro atoms. The number of aryl methyl sites for hydroxylation is 2. The Balaban J connectivity index is 1.66.